The van der Waals surface area contributed by atoms with Crippen molar-refractivity contribution in [1.82, 2.24) is 15.0 Å². The Hall–Kier alpha value is -12.7. The van der Waals surface area contributed by atoms with Gasteiger partial charge >= 0.3 is 0 Å². The molecule has 9 aromatic carbocycles. The van der Waals surface area contributed by atoms with E-state index in [2.05, 4.69) is 53.3 Å². The second-order valence-electron chi connectivity index (χ2n) is 30.2. The Morgan fingerprint density at radius 3 is 1.27 bits per heavy atom. The topological polar surface area (TPSA) is 107 Å². The summed E-state index contributed by atoms with van der Waals surface area (Å²) in [6, 6.07) is 53.6. The molecule has 0 saturated carbocycles. The molecule has 11 heterocycles. The van der Waals surface area contributed by atoms with Crippen molar-refractivity contribution in [3.63, 3.8) is 0 Å². The first-order valence-corrected chi connectivity index (χ1v) is 37.3. The van der Waals surface area contributed by atoms with E-state index in [9.17, 15) is 0 Å². The standard InChI is InChI=1S/C27H26NO.3C25H23N2O/c1-15-7-8-20-12-22-24(13-21(20)9-15)29-27-25(22)17(3)10-18(4)26(27)23-11-16(2)19(5)14-28(23)6;1-14-6-9-21-18(10-14)12-20-19-8-7-15(2)23(24(19)28-25(20)26-21)22-11-16(3)17(4)13-27(22)5;1-14-7-6-8-21-19(14)12-20-18-10-9-15(2)23(24(18)28-25(20)26-21)22-11-16(3)17(4)13-27(22)5;1-14-10-11-19-23-17(4)18-8-6-7-9-20(18)26-25(23)28-24(19)22(14)21-12-15(2)16(3)13-27(21)5/h7-14H,1-6H3;3*6-13H,1-5H3/q4*+1/i3D3,5D3;4D3;1D3,4D3;3D3,4D3. The summed E-state index contributed by atoms with van der Waals surface area (Å²) in [6.07, 6.45) is 6.60. The van der Waals surface area contributed by atoms with Crippen LogP contribution in [0.5, 0.6) is 0 Å². The first kappa shape index (κ1) is 52.4. The summed E-state index contributed by atoms with van der Waals surface area (Å²) >= 11 is 0. The maximum absolute atomic E-state index is 8.26. The Balaban J connectivity index is 0.000000124. The third-order valence-electron chi connectivity index (χ3n) is 22.2. The van der Waals surface area contributed by atoms with Crippen molar-refractivity contribution in [2.75, 3.05) is 0 Å². The van der Waals surface area contributed by atoms with Crippen molar-refractivity contribution in [3.8, 4) is 45.0 Å². The van der Waals surface area contributed by atoms with E-state index >= 15 is 0 Å². The van der Waals surface area contributed by atoms with Gasteiger partial charge in [-0.15, -0.1) is 0 Å². The lowest BCUT2D eigenvalue weighted by Crippen LogP contribution is -2.31. The smallest absolute Gasteiger partial charge is 0.228 e. The number of hydrogen-bond donors (Lipinski definition) is 0. The third-order valence-corrected chi connectivity index (χ3v) is 22.2. The van der Waals surface area contributed by atoms with Crippen LogP contribution in [0.25, 0.3) is 177 Å². The van der Waals surface area contributed by atoms with Gasteiger partial charge in [0.05, 0.1) is 44.2 Å². The Labute approximate surface area is 688 Å². The van der Waals surface area contributed by atoms with Crippen molar-refractivity contribution in [3.05, 3.63) is 289 Å². The highest BCUT2D eigenvalue weighted by atomic mass is 16.4. The molecule has 0 aliphatic rings. The van der Waals surface area contributed by atoms with E-state index in [-0.39, 0.29) is 33.5 Å². The predicted octanol–water partition coefficient (Wildman–Crippen LogP) is 24.4. The Bertz CT molecular complexity index is 8310. The SMILES string of the molecule is [2H]C([2H])([2H])c1c[n+](C)c(-c2c(C)cc(C([2H])([2H])[2H])c3c2oc2cc4cc(C)ccc4cc23)cc1C.[2H]C([2H])([2H])c1c[n+](C)c(-c2c(C)ccc3c2oc2nc4ccc(C)cc4cc23)cc1C.[2H]C([2H])([2H])c1c[n+](C)c(-c2c(C)ccc3c2oc2nc4cccc(C([2H])([2H])[2H])c4cc23)cc1C.[2H]C([2H])([2H])c1c[n+](C)c(-c2c(C)ccc3c2oc2nc4ccccc4c(C([2H])([2H])[2H])c23)cc1C. The second kappa shape index (κ2) is 27.9. The predicted molar refractivity (Wildman–Crippen MR) is 465 cm³/mol. The number of nitrogens with zero attached hydrogens (tertiary/aromatic N) is 7. The molecular formula is C102H95N7O4+4. The van der Waals surface area contributed by atoms with Crippen LogP contribution in [0.4, 0.5) is 0 Å². The van der Waals surface area contributed by atoms with E-state index in [4.69, 9.17) is 51.4 Å². The molecule has 0 spiro atoms. The molecule has 11 aromatic heterocycles. The lowest BCUT2D eigenvalue weighted by atomic mass is 9.95. The van der Waals surface area contributed by atoms with Gasteiger partial charge in [0.1, 0.15) is 39.4 Å². The second-order valence-corrected chi connectivity index (χ2v) is 30.2. The number of aromatic nitrogens is 7. The van der Waals surface area contributed by atoms with Crippen molar-refractivity contribution >= 4 is 132 Å². The zero-order valence-corrected chi connectivity index (χ0v) is 65.2. The van der Waals surface area contributed by atoms with Crippen LogP contribution in [0.15, 0.2) is 212 Å². The van der Waals surface area contributed by atoms with Crippen LogP contribution in [0.1, 0.15) is 123 Å². The number of furan rings is 4. The van der Waals surface area contributed by atoms with E-state index in [1.54, 1.807) is 116 Å². The molecule has 558 valence electrons. The van der Waals surface area contributed by atoms with Gasteiger partial charge in [0.25, 0.3) is 0 Å². The van der Waals surface area contributed by atoms with Gasteiger partial charge in [0.15, 0.2) is 41.5 Å². The maximum atomic E-state index is 8.26. The van der Waals surface area contributed by atoms with Gasteiger partial charge in [-0.3, -0.25) is 0 Å². The fourth-order valence-corrected chi connectivity index (χ4v) is 16.0. The number of para-hydroxylation sites is 1. The average molecular weight is 1500 g/mol. The summed E-state index contributed by atoms with van der Waals surface area (Å²) in [4.78, 5) is 14.0. The molecule has 20 aromatic rings. The third kappa shape index (κ3) is 12.6. The Morgan fingerprint density at radius 2 is 0.717 bits per heavy atom. The van der Waals surface area contributed by atoms with Gasteiger partial charge in [0, 0.05) is 129 Å². The minimum absolute atomic E-state index is 0.222. The molecule has 0 bridgehead atoms. The van der Waals surface area contributed by atoms with Crippen LogP contribution in [0.2, 0.25) is 0 Å². The molecule has 0 aliphatic heterocycles. The van der Waals surface area contributed by atoms with Crippen LogP contribution in [0.3, 0.4) is 0 Å². The molecule has 11 nitrogen and oxygen atoms in total. The highest BCUT2D eigenvalue weighted by Crippen LogP contribution is 2.45. The first-order chi connectivity index (χ1) is 62.6. The molecule has 0 saturated heterocycles. The lowest BCUT2D eigenvalue weighted by molar-refractivity contribution is -0.660. The summed E-state index contributed by atoms with van der Waals surface area (Å²) in [7, 11) is 7.29. The minimum atomic E-state index is -2.37. The van der Waals surface area contributed by atoms with E-state index in [0.29, 0.717) is 99.5 Å². The van der Waals surface area contributed by atoms with E-state index < -0.39 is 48.0 Å². The lowest BCUT2D eigenvalue weighted by Gasteiger charge is -2.09. The molecule has 0 atom stereocenters. The summed E-state index contributed by atoms with van der Waals surface area (Å²) in [5, 5.41) is 10.3. The van der Waals surface area contributed by atoms with Gasteiger partial charge in [-0.2, -0.15) is 0 Å². The summed E-state index contributed by atoms with van der Waals surface area (Å²) in [5.74, 6) is 0. The number of aryl methyl sites for hydroxylation is 21. The number of pyridine rings is 7. The van der Waals surface area contributed by atoms with E-state index in [0.717, 1.165) is 133 Å². The highest BCUT2D eigenvalue weighted by molar-refractivity contribution is 6.17. The van der Waals surface area contributed by atoms with Crippen LogP contribution >= 0.6 is 0 Å². The normalized spacial score (nSPS) is 15.3. The molecule has 20 rings (SSSR count). The zero-order chi connectivity index (χ0) is 96.7. The number of hydrogen-bond acceptors (Lipinski definition) is 7. The molecular weight excluding hydrogens is 1390 g/mol. The van der Waals surface area contributed by atoms with Crippen molar-refractivity contribution in [1.29, 1.82) is 0 Å². The van der Waals surface area contributed by atoms with Crippen molar-refractivity contribution < 1.29 is 64.7 Å². The van der Waals surface area contributed by atoms with Crippen molar-refractivity contribution in [2.45, 2.75) is 117 Å². The van der Waals surface area contributed by atoms with Gasteiger partial charge in [-0.05, 0) is 238 Å². The largest absolute Gasteiger partial charge is 0.455 e. The molecule has 0 radical (unpaired) electrons. The average Bonchev–Trinajstić information content (AvgIpc) is 1.56. The van der Waals surface area contributed by atoms with Crippen molar-refractivity contribution in [2.24, 2.45) is 28.2 Å². The minimum Gasteiger partial charge on any atom is -0.455 e. The fraction of sp³-hybridized carbons (Fsp3) is 0.206. The summed E-state index contributed by atoms with van der Waals surface area (Å²) < 4.78 is 200. The van der Waals surface area contributed by atoms with Gasteiger partial charge in [0.2, 0.25) is 39.9 Å². The van der Waals surface area contributed by atoms with Crippen LogP contribution in [-0.2, 0) is 28.2 Å². The van der Waals surface area contributed by atoms with Crippen LogP contribution in [0, 0.1) is 117 Å². The first-order valence-electron chi connectivity index (χ1n) is 47.8. The Morgan fingerprint density at radius 1 is 0.265 bits per heavy atom. The maximum Gasteiger partial charge on any atom is 0.228 e. The Kier molecular flexibility index (Phi) is 13.0. The quantitative estimate of drug-likeness (QED) is 0.162. The molecule has 0 fully saturated rings. The summed E-state index contributed by atoms with van der Waals surface area (Å²) in [5.41, 5.74) is 23.6. The summed E-state index contributed by atoms with van der Waals surface area (Å²) in [6.45, 7) is 3.37. The van der Waals surface area contributed by atoms with E-state index in [1.165, 1.54) is 5.56 Å². The highest BCUT2D eigenvalue weighted by Gasteiger charge is 2.29. The fourth-order valence-electron chi connectivity index (χ4n) is 16.0. The zero-order valence-electron chi connectivity index (χ0n) is 86.2. The molecule has 0 N–H and O–H groups in total. The monoisotopic (exact) mass is 1500 g/mol. The molecule has 113 heavy (non-hydrogen) atoms. The molecule has 11 heteroatoms. The van der Waals surface area contributed by atoms with E-state index in [1.807, 2.05) is 151 Å². The van der Waals surface area contributed by atoms with Crippen LogP contribution in [-0.4, -0.2) is 15.0 Å². The number of rotatable bonds is 4. The number of fused-ring (bicyclic) bond motifs is 16. The molecule has 0 amide bonds. The van der Waals surface area contributed by atoms with Gasteiger partial charge in [-0.1, -0.05) is 108 Å². The molecule has 0 unspecified atom stereocenters. The number of benzene rings is 9. The van der Waals surface area contributed by atoms with Gasteiger partial charge < -0.3 is 17.7 Å². The molecule has 0 aliphatic carbocycles. The van der Waals surface area contributed by atoms with Crippen LogP contribution < -0.4 is 18.3 Å². The van der Waals surface area contributed by atoms with Gasteiger partial charge in [-0.25, -0.2) is 33.2 Å².